The molecule has 0 N–H and O–H groups in total. The normalized spacial score (nSPS) is 11.4. The molecule has 0 atom stereocenters. The van der Waals surface area contributed by atoms with E-state index in [-0.39, 0.29) is 5.75 Å². The SMILES string of the molecule is CCOc1ccc2c(C#N)c(-c3ccc(N(C)S(=O)(=O)CC)cc3)n(CC)c2c1. The van der Waals surface area contributed by atoms with Gasteiger partial charge in [0.25, 0.3) is 0 Å². The summed E-state index contributed by atoms with van der Waals surface area (Å²) in [5.41, 5.74) is 3.83. The van der Waals surface area contributed by atoms with Crippen molar-refractivity contribution in [1.29, 1.82) is 5.26 Å². The molecule has 2 aromatic carbocycles. The molecule has 0 aliphatic heterocycles. The molecule has 6 nitrogen and oxygen atoms in total. The van der Waals surface area contributed by atoms with Gasteiger partial charge in [-0.3, -0.25) is 4.31 Å². The summed E-state index contributed by atoms with van der Waals surface area (Å²) in [6.45, 7) is 6.86. The van der Waals surface area contributed by atoms with Crippen LogP contribution in [0.15, 0.2) is 42.5 Å². The quantitative estimate of drug-likeness (QED) is 0.578. The van der Waals surface area contributed by atoms with Gasteiger partial charge < -0.3 is 9.30 Å². The summed E-state index contributed by atoms with van der Waals surface area (Å²) in [5, 5.41) is 10.7. The van der Waals surface area contributed by atoms with E-state index in [2.05, 4.69) is 10.6 Å². The highest BCUT2D eigenvalue weighted by molar-refractivity contribution is 7.92. The molecule has 0 amide bonds. The van der Waals surface area contributed by atoms with Crippen molar-refractivity contribution in [2.24, 2.45) is 0 Å². The molecule has 0 radical (unpaired) electrons. The Morgan fingerprint density at radius 1 is 1.10 bits per heavy atom. The molecule has 29 heavy (non-hydrogen) atoms. The molecule has 0 aliphatic rings. The lowest BCUT2D eigenvalue weighted by molar-refractivity contribution is 0.340. The van der Waals surface area contributed by atoms with Gasteiger partial charge in [-0.25, -0.2) is 8.42 Å². The Labute approximate surface area is 172 Å². The molecule has 0 saturated carbocycles. The molecule has 152 valence electrons. The molecule has 3 rings (SSSR count). The van der Waals surface area contributed by atoms with Crippen LogP contribution >= 0.6 is 0 Å². The standard InChI is InChI=1S/C22H25N3O3S/c1-5-25-21-14-18(28-6-2)12-13-19(21)20(15-23)22(25)16-8-10-17(11-9-16)24(4)29(26,27)7-3/h8-14H,5-7H2,1-4H3. The van der Waals surface area contributed by atoms with E-state index in [0.29, 0.717) is 24.4 Å². The minimum absolute atomic E-state index is 0.0378. The van der Waals surface area contributed by atoms with Crippen LogP contribution in [0.1, 0.15) is 26.3 Å². The molecule has 0 aliphatic carbocycles. The van der Waals surface area contributed by atoms with Crippen LogP contribution in [0, 0.1) is 11.3 Å². The number of hydrogen-bond acceptors (Lipinski definition) is 4. The highest BCUT2D eigenvalue weighted by Gasteiger charge is 2.20. The summed E-state index contributed by atoms with van der Waals surface area (Å²) in [6, 6.07) is 15.4. The first-order valence-corrected chi connectivity index (χ1v) is 11.2. The first-order chi connectivity index (χ1) is 13.9. The van der Waals surface area contributed by atoms with Crippen molar-refractivity contribution in [3.05, 3.63) is 48.0 Å². The van der Waals surface area contributed by atoms with Crippen LogP contribution in [0.2, 0.25) is 0 Å². The van der Waals surface area contributed by atoms with Crippen molar-refractivity contribution in [3.63, 3.8) is 0 Å². The number of anilines is 1. The van der Waals surface area contributed by atoms with Crippen molar-refractivity contribution < 1.29 is 13.2 Å². The Morgan fingerprint density at radius 2 is 1.79 bits per heavy atom. The Kier molecular flexibility index (Phi) is 5.85. The van der Waals surface area contributed by atoms with Crippen LogP contribution in [0.4, 0.5) is 5.69 Å². The average molecular weight is 412 g/mol. The number of benzene rings is 2. The van der Waals surface area contributed by atoms with E-state index in [4.69, 9.17) is 4.74 Å². The van der Waals surface area contributed by atoms with Crippen LogP contribution in [0.5, 0.6) is 5.75 Å². The summed E-state index contributed by atoms with van der Waals surface area (Å²) < 4.78 is 33.3. The number of fused-ring (bicyclic) bond motifs is 1. The number of nitrogens with zero attached hydrogens (tertiary/aromatic N) is 3. The summed E-state index contributed by atoms with van der Waals surface area (Å²) in [7, 11) is -1.77. The van der Waals surface area contributed by atoms with Gasteiger partial charge in [0.1, 0.15) is 11.8 Å². The van der Waals surface area contributed by atoms with Crippen molar-refractivity contribution in [2.75, 3.05) is 23.7 Å². The van der Waals surface area contributed by atoms with Gasteiger partial charge in [-0.05, 0) is 50.6 Å². The lowest BCUT2D eigenvalue weighted by Crippen LogP contribution is -2.27. The van der Waals surface area contributed by atoms with Gasteiger partial charge in [-0.15, -0.1) is 0 Å². The monoisotopic (exact) mass is 411 g/mol. The number of rotatable bonds is 7. The smallest absolute Gasteiger partial charge is 0.234 e. The Bertz CT molecular complexity index is 1170. The van der Waals surface area contributed by atoms with Crippen LogP contribution in [-0.4, -0.2) is 32.4 Å². The topological polar surface area (TPSA) is 75.3 Å². The molecule has 7 heteroatoms. The summed E-state index contributed by atoms with van der Waals surface area (Å²) in [4.78, 5) is 0. The second kappa shape index (κ2) is 8.18. The molecule has 0 fully saturated rings. The van der Waals surface area contributed by atoms with Crippen molar-refractivity contribution in [2.45, 2.75) is 27.3 Å². The third-order valence-corrected chi connectivity index (χ3v) is 6.84. The largest absolute Gasteiger partial charge is 0.494 e. The van der Waals surface area contributed by atoms with Gasteiger partial charge in [0, 0.05) is 25.0 Å². The van der Waals surface area contributed by atoms with Crippen LogP contribution in [0.3, 0.4) is 0 Å². The predicted octanol–water partition coefficient (Wildman–Crippen LogP) is 4.38. The number of hydrogen-bond donors (Lipinski definition) is 0. The zero-order valence-electron chi connectivity index (χ0n) is 17.1. The van der Waals surface area contributed by atoms with Gasteiger partial charge in [0.05, 0.1) is 34.8 Å². The number of sulfonamides is 1. The van der Waals surface area contributed by atoms with E-state index in [1.165, 1.54) is 4.31 Å². The molecular weight excluding hydrogens is 386 g/mol. The predicted molar refractivity (Wildman–Crippen MR) is 117 cm³/mol. The minimum Gasteiger partial charge on any atom is -0.494 e. The molecule has 1 aromatic heterocycles. The molecule has 0 spiro atoms. The zero-order valence-corrected chi connectivity index (χ0v) is 18.0. The molecule has 0 saturated heterocycles. The summed E-state index contributed by atoms with van der Waals surface area (Å²) in [6.07, 6.45) is 0. The Morgan fingerprint density at radius 3 is 2.34 bits per heavy atom. The van der Waals surface area contributed by atoms with E-state index >= 15 is 0 Å². The Balaban J connectivity index is 2.15. The zero-order chi connectivity index (χ0) is 21.2. The highest BCUT2D eigenvalue weighted by atomic mass is 32.2. The Hall–Kier alpha value is -2.98. The van der Waals surface area contributed by atoms with E-state index < -0.39 is 10.0 Å². The van der Waals surface area contributed by atoms with Crippen molar-refractivity contribution in [1.82, 2.24) is 4.57 Å². The third kappa shape index (κ3) is 3.68. The lowest BCUT2D eigenvalue weighted by atomic mass is 10.1. The second-order valence-corrected chi connectivity index (χ2v) is 8.90. The van der Waals surface area contributed by atoms with E-state index in [0.717, 1.165) is 27.9 Å². The maximum Gasteiger partial charge on any atom is 0.234 e. The number of aryl methyl sites for hydroxylation is 1. The third-order valence-electron chi connectivity index (χ3n) is 5.06. The molecule has 3 aromatic rings. The first kappa shape index (κ1) is 20.7. The second-order valence-electron chi connectivity index (χ2n) is 6.61. The van der Waals surface area contributed by atoms with Gasteiger partial charge in [-0.2, -0.15) is 5.26 Å². The van der Waals surface area contributed by atoms with Gasteiger partial charge >= 0.3 is 0 Å². The van der Waals surface area contributed by atoms with Gasteiger partial charge in [0.2, 0.25) is 10.0 Å². The highest BCUT2D eigenvalue weighted by Crippen LogP contribution is 2.36. The fraction of sp³-hybridized carbons (Fsp3) is 0.318. The van der Waals surface area contributed by atoms with Crippen LogP contribution in [-0.2, 0) is 16.6 Å². The van der Waals surface area contributed by atoms with Crippen molar-refractivity contribution >= 4 is 26.6 Å². The van der Waals surface area contributed by atoms with Crippen LogP contribution in [0.25, 0.3) is 22.2 Å². The van der Waals surface area contributed by atoms with E-state index in [9.17, 15) is 13.7 Å². The maximum atomic E-state index is 12.1. The number of ether oxygens (including phenoxy) is 1. The maximum absolute atomic E-state index is 12.1. The summed E-state index contributed by atoms with van der Waals surface area (Å²) in [5.74, 6) is 0.806. The fourth-order valence-electron chi connectivity index (χ4n) is 3.51. The lowest BCUT2D eigenvalue weighted by Gasteiger charge is -2.19. The average Bonchev–Trinajstić information content (AvgIpc) is 3.06. The molecule has 0 unspecified atom stereocenters. The molecule has 1 heterocycles. The first-order valence-electron chi connectivity index (χ1n) is 9.64. The number of nitriles is 1. The van der Waals surface area contributed by atoms with Crippen molar-refractivity contribution in [3.8, 4) is 23.1 Å². The molecular formula is C22H25N3O3S. The minimum atomic E-state index is -3.32. The number of aromatic nitrogens is 1. The van der Waals surface area contributed by atoms with E-state index in [1.54, 1.807) is 26.1 Å². The van der Waals surface area contributed by atoms with E-state index in [1.807, 2.05) is 44.2 Å². The van der Waals surface area contributed by atoms with Crippen LogP contribution < -0.4 is 9.04 Å². The van der Waals surface area contributed by atoms with Gasteiger partial charge in [0.15, 0.2) is 0 Å². The summed E-state index contributed by atoms with van der Waals surface area (Å²) >= 11 is 0. The molecule has 0 bridgehead atoms. The van der Waals surface area contributed by atoms with Gasteiger partial charge in [-0.1, -0.05) is 12.1 Å². The fourth-order valence-corrected chi connectivity index (χ4v) is 4.34.